The predicted octanol–water partition coefficient (Wildman–Crippen LogP) is 4.03. The lowest BCUT2D eigenvalue weighted by Gasteiger charge is -2.38. The minimum absolute atomic E-state index is 0.146. The van der Waals surface area contributed by atoms with Gasteiger partial charge in [-0.25, -0.2) is 4.39 Å². The highest BCUT2D eigenvalue weighted by atomic mass is 19.1. The lowest BCUT2D eigenvalue weighted by Crippen LogP contribution is -2.51. The van der Waals surface area contributed by atoms with Gasteiger partial charge in [0.1, 0.15) is 5.82 Å². The van der Waals surface area contributed by atoms with Gasteiger partial charge in [-0.3, -0.25) is 9.59 Å². The zero-order valence-corrected chi connectivity index (χ0v) is 17.3. The third-order valence-corrected chi connectivity index (χ3v) is 6.20. The van der Waals surface area contributed by atoms with Crippen molar-refractivity contribution in [3.63, 3.8) is 0 Å². The third kappa shape index (κ3) is 3.66. The summed E-state index contributed by atoms with van der Waals surface area (Å²) in [6.45, 7) is 7.92. The monoisotopic (exact) mass is 394 g/mol. The molecule has 2 aromatic carbocycles. The Morgan fingerprint density at radius 2 is 1.55 bits per heavy atom. The van der Waals surface area contributed by atoms with Crippen LogP contribution in [-0.2, 0) is 10.2 Å². The Morgan fingerprint density at radius 3 is 2.07 bits per heavy atom. The van der Waals surface area contributed by atoms with Crippen LogP contribution in [0.4, 0.5) is 10.1 Å². The predicted molar refractivity (Wildman–Crippen MR) is 112 cm³/mol. The van der Waals surface area contributed by atoms with Crippen LogP contribution >= 0.6 is 0 Å². The number of anilines is 1. The molecule has 1 aliphatic carbocycles. The van der Waals surface area contributed by atoms with Gasteiger partial charge in [-0.05, 0) is 57.4 Å². The maximum absolute atomic E-state index is 14.5. The van der Waals surface area contributed by atoms with Gasteiger partial charge in [0, 0.05) is 31.7 Å². The number of halogens is 1. The Kier molecular flexibility index (Phi) is 4.93. The van der Waals surface area contributed by atoms with E-state index in [9.17, 15) is 14.0 Å². The van der Waals surface area contributed by atoms with Gasteiger partial charge in [-0.2, -0.15) is 0 Å². The Hall–Kier alpha value is -2.69. The number of carbonyl (C=O) groups is 2. The standard InChI is InChI=1S/C24H27FN2O2/c1-16-12-17(2)14-20(13-16)24(6-7-24)23(29)27-10-8-26(9-11-27)22-5-4-19(18(3)28)15-21(22)25/h4-5,12-15H,6-11H2,1-3H3. The maximum atomic E-state index is 14.5. The van der Waals surface area contributed by atoms with E-state index in [1.807, 2.05) is 9.80 Å². The van der Waals surface area contributed by atoms with Gasteiger partial charge in [0.05, 0.1) is 11.1 Å². The number of hydrogen-bond donors (Lipinski definition) is 0. The number of ketones is 1. The van der Waals surface area contributed by atoms with Gasteiger partial charge in [-0.1, -0.05) is 29.3 Å². The minimum Gasteiger partial charge on any atom is -0.366 e. The molecular formula is C24H27FN2O2. The van der Waals surface area contributed by atoms with E-state index in [-0.39, 0.29) is 22.9 Å². The Morgan fingerprint density at radius 1 is 0.931 bits per heavy atom. The van der Waals surface area contributed by atoms with Crippen molar-refractivity contribution in [2.75, 3.05) is 31.1 Å². The molecule has 4 rings (SSSR count). The number of carbonyl (C=O) groups excluding carboxylic acids is 2. The van der Waals surface area contributed by atoms with Crippen LogP contribution in [0.5, 0.6) is 0 Å². The molecule has 2 aromatic rings. The number of hydrogen-bond acceptors (Lipinski definition) is 3. The molecule has 4 nitrogen and oxygen atoms in total. The molecule has 2 aliphatic rings. The molecule has 0 unspecified atom stereocenters. The zero-order chi connectivity index (χ0) is 20.8. The second kappa shape index (κ2) is 7.29. The number of Topliss-reactive ketones (excluding diaryl/α,β-unsaturated/α-hetero) is 1. The lowest BCUT2D eigenvalue weighted by molar-refractivity contribution is -0.134. The number of piperazine rings is 1. The first-order chi connectivity index (χ1) is 13.8. The molecule has 1 amide bonds. The minimum atomic E-state index is -0.383. The van der Waals surface area contributed by atoms with Gasteiger partial charge in [0.15, 0.2) is 5.78 Å². The fraction of sp³-hybridized carbons (Fsp3) is 0.417. The van der Waals surface area contributed by atoms with Crippen molar-refractivity contribution >= 4 is 17.4 Å². The summed E-state index contributed by atoms with van der Waals surface area (Å²) in [4.78, 5) is 28.7. The molecular weight excluding hydrogens is 367 g/mol. The smallest absolute Gasteiger partial charge is 0.233 e. The van der Waals surface area contributed by atoms with Crippen LogP contribution in [-0.4, -0.2) is 42.8 Å². The highest BCUT2D eigenvalue weighted by Gasteiger charge is 2.53. The summed E-state index contributed by atoms with van der Waals surface area (Å²) in [7, 11) is 0. The summed E-state index contributed by atoms with van der Waals surface area (Å²) < 4.78 is 14.5. The second-order valence-electron chi connectivity index (χ2n) is 8.46. The first kappa shape index (κ1) is 19.6. The van der Waals surface area contributed by atoms with E-state index in [1.165, 1.54) is 24.1 Å². The van der Waals surface area contributed by atoms with E-state index in [0.717, 1.165) is 18.4 Å². The maximum Gasteiger partial charge on any atom is 0.233 e. The van der Waals surface area contributed by atoms with E-state index >= 15 is 0 Å². The van der Waals surface area contributed by atoms with E-state index in [1.54, 1.807) is 12.1 Å². The van der Waals surface area contributed by atoms with Crippen LogP contribution in [0.15, 0.2) is 36.4 Å². The molecule has 0 aromatic heterocycles. The van der Waals surface area contributed by atoms with Crippen molar-refractivity contribution in [2.45, 2.75) is 39.0 Å². The molecule has 5 heteroatoms. The summed E-state index contributed by atoms with van der Waals surface area (Å²) in [5.41, 5.74) is 4.02. The normalized spacial score (nSPS) is 17.9. The van der Waals surface area contributed by atoms with Crippen molar-refractivity contribution in [3.8, 4) is 0 Å². The van der Waals surface area contributed by atoms with Crippen molar-refractivity contribution < 1.29 is 14.0 Å². The number of aryl methyl sites for hydroxylation is 2. The van der Waals surface area contributed by atoms with Crippen LogP contribution in [0.2, 0.25) is 0 Å². The first-order valence-electron chi connectivity index (χ1n) is 10.2. The average molecular weight is 394 g/mol. The largest absolute Gasteiger partial charge is 0.366 e. The van der Waals surface area contributed by atoms with E-state index in [4.69, 9.17) is 0 Å². The highest BCUT2D eigenvalue weighted by molar-refractivity contribution is 5.94. The van der Waals surface area contributed by atoms with Gasteiger partial charge >= 0.3 is 0 Å². The molecule has 1 saturated carbocycles. The van der Waals surface area contributed by atoms with E-state index < -0.39 is 0 Å². The van der Waals surface area contributed by atoms with Gasteiger partial charge < -0.3 is 9.80 Å². The molecule has 1 saturated heterocycles. The third-order valence-electron chi connectivity index (χ3n) is 6.20. The molecule has 1 heterocycles. The molecule has 152 valence electrons. The molecule has 29 heavy (non-hydrogen) atoms. The van der Waals surface area contributed by atoms with Crippen LogP contribution < -0.4 is 4.90 Å². The molecule has 0 spiro atoms. The van der Waals surface area contributed by atoms with Crippen molar-refractivity contribution in [3.05, 3.63) is 64.5 Å². The quantitative estimate of drug-likeness (QED) is 0.736. The number of amides is 1. The van der Waals surface area contributed by atoms with E-state index in [0.29, 0.717) is 37.4 Å². The van der Waals surface area contributed by atoms with Crippen LogP contribution in [0.1, 0.15) is 46.8 Å². The Bertz CT molecular complexity index is 953. The van der Waals surface area contributed by atoms with Crippen LogP contribution in [0.3, 0.4) is 0 Å². The van der Waals surface area contributed by atoms with Crippen molar-refractivity contribution in [1.29, 1.82) is 0 Å². The van der Waals surface area contributed by atoms with E-state index in [2.05, 4.69) is 32.0 Å². The SMILES string of the molecule is CC(=O)c1ccc(N2CCN(C(=O)C3(c4cc(C)cc(C)c4)CC3)CC2)c(F)c1. The number of benzene rings is 2. The molecule has 0 radical (unpaired) electrons. The molecule has 2 fully saturated rings. The lowest BCUT2D eigenvalue weighted by atomic mass is 9.91. The summed E-state index contributed by atoms with van der Waals surface area (Å²) >= 11 is 0. The van der Waals surface area contributed by atoms with Crippen molar-refractivity contribution in [2.24, 2.45) is 0 Å². The Labute approximate surface area is 171 Å². The second-order valence-corrected chi connectivity index (χ2v) is 8.46. The number of nitrogens with zero attached hydrogens (tertiary/aromatic N) is 2. The summed E-state index contributed by atoms with van der Waals surface area (Å²) in [5.74, 6) is -0.326. The first-order valence-corrected chi connectivity index (χ1v) is 10.2. The summed E-state index contributed by atoms with van der Waals surface area (Å²) in [6, 6.07) is 11.0. The summed E-state index contributed by atoms with van der Waals surface area (Å²) in [5, 5.41) is 0. The molecule has 0 N–H and O–H groups in total. The topological polar surface area (TPSA) is 40.6 Å². The van der Waals surface area contributed by atoms with Gasteiger partial charge in [0.2, 0.25) is 5.91 Å². The molecule has 0 atom stereocenters. The molecule has 1 aliphatic heterocycles. The van der Waals surface area contributed by atoms with Gasteiger partial charge in [0.25, 0.3) is 0 Å². The number of rotatable bonds is 4. The van der Waals surface area contributed by atoms with Gasteiger partial charge in [-0.15, -0.1) is 0 Å². The molecule has 0 bridgehead atoms. The van der Waals surface area contributed by atoms with Crippen LogP contribution in [0.25, 0.3) is 0 Å². The highest BCUT2D eigenvalue weighted by Crippen LogP contribution is 2.50. The fourth-order valence-corrected chi connectivity index (χ4v) is 4.44. The average Bonchev–Trinajstić information content (AvgIpc) is 3.49. The Balaban J connectivity index is 1.46. The van der Waals surface area contributed by atoms with Crippen LogP contribution in [0, 0.1) is 19.7 Å². The zero-order valence-electron chi connectivity index (χ0n) is 17.3. The summed E-state index contributed by atoms with van der Waals surface area (Å²) in [6.07, 6.45) is 1.80. The fourth-order valence-electron chi connectivity index (χ4n) is 4.44. The van der Waals surface area contributed by atoms with Crippen molar-refractivity contribution in [1.82, 2.24) is 4.90 Å².